The summed E-state index contributed by atoms with van der Waals surface area (Å²) in [5, 5.41) is 8.68. The van der Waals surface area contributed by atoms with E-state index in [-0.39, 0.29) is 0 Å². The summed E-state index contributed by atoms with van der Waals surface area (Å²) in [6.45, 7) is 0. The molecule has 0 saturated heterocycles. The van der Waals surface area contributed by atoms with E-state index in [1.807, 2.05) is 0 Å². The van der Waals surface area contributed by atoms with Gasteiger partial charge in [-0.05, 0) is 0 Å². The number of hydrogen-bond donors (Lipinski definition) is 1. The highest BCUT2D eigenvalue weighted by Crippen LogP contribution is 2.15. The number of allylic oxidation sites excluding steroid dienone is 1. The lowest BCUT2D eigenvalue weighted by atomic mass is 10.3. The van der Waals surface area contributed by atoms with E-state index in [2.05, 4.69) is 4.99 Å². The van der Waals surface area contributed by atoms with Crippen LogP contribution in [0.15, 0.2) is 41.7 Å². The minimum Gasteiger partial charge on any atom is -0.464 e. The summed E-state index contributed by atoms with van der Waals surface area (Å²) in [4.78, 5) is 17.3. The third-order valence-electron chi connectivity index (χ3n) is 1.70. The lowest BCUT2D eigenvalue weighted by Crippen LogP contribution is -2.26. The normalized spacial score (nSPS) is 18.6. The molecule has 2 aliphatic heterocycles. The largest absolute Gasteiger partial charge is 0.464 e. The fourth-order valence-corrected chi connectivity index (χ4v) is 1.07. The van der Waals surface area contributed by atoms with E-state index < -0.39 is 6.09 Å². The van der Waals surface area contributed by atoms with Gasteiger partial charge in [-0.1, -0.05) is 0 Å². The molecule has 2 heterocycles. The standard InChI is InChI=1S/C8H7N3O2/c12-8(13)11-4-3-10-2-1-9-5-7(10)6-11/h1-6H,(H,12,13). The molecule has 1 N–H and O–H groups in total. The quantitative estimate of drug-likeness (QED) is 0.603. The molecule has 5 nitrogen and oxygen atoms in total. The lowest BCUT2D eigenvalue weighted by Gasteiger charge is -2.24. The maximum absolute atomic E-state index is 10.6. The van der Waals surface area contributed by atoms with Crippen molar-refractivity contribution in [1.29, 1.82) is 0 Å². The highest BCUT2D eigenvalue weighted by molar-refractivity contribution is 5.81. The van der Waals surface area contributed by atoms with Gasteiger partial charge in [0.15, 0.2) is 0 Å². The third kappa shape index (κ3) is 1.31. The van der Waals surface area contributed by atoms with Crippen molar-refractivity contribution >= 4 is 12.3 Å². The van der Waals surface area contributed by atoms with Crippen molar-refractivity contribution in [1.82, 2.24) is 9.80 Å². The summed E-state index contributed by atoms with van der Waals surface area (Å²) in [7, 11) is 0. The molecule has 2 rings (SSSR count). The Morgan fingerprint density at radius 2 is 2.23 bits per heavy atom. The Morgan fingerprint density at radius 3 is 3.00 bits per heavy atom. The van der Waals surface area contributed by atoms with Gasteiger partial charge >= 0.3 is 6.09 Å². The number of carbonyl (C=O) groups is 1. The van der Waals surface area contributed by atoms with Crippen LogP contribution in [0.5, 0.6) is 0 Å². The molecule has 0 aromatic rings. The van der Waals surface area contributed by atoms with E-state index in [1.54, 1.807) is 29.7 Å². The Labute approximate surface area is 74.6 Å². The van der Waals surface area contributed by atoms with E-state index in [9.17, 15) is 4.79 Å². The lowest BCUT2D eigenvalue weighted by molar-refractivity contribution is 0.174. The monoisotopic (exact) mass is 177 g/mol. The second kappa shape index (κ2) is 2.78. The SMILES string of the molecule is O=C(O)N1C=CN2C=CN=CC2=C1. The molecule has 0 radical (unpaired) electrons. The summed E-state index contributed by atoms with van der Waals surface area (Å²) < 4.78 is 0. The number of nitrogens with zero attached hydrogens (tertiary/aromatic N) is 3. The van der Waals surface area contributed by atoms with Crippen LogP contribution in [0.25, 0.3) is 0 Å². The molecule has 0 aromatic heterocycles. The van der Waals surface area contributed by atoms with Crippen molar-refractivity contribution in [3.63, 3.8) is 0 Å². The van der Waals surface area contributed by atoms with E-state index in [4.69, 9.17) is 5.11 Å². The minimum atomic E-state index is -1.01. The fraction of sp³-hybridized carbons (Fsp3) is 0. The van der Waals surface area contributed by atoms with Gasteiger partial charge in [-0.3, -0.25) is 9.89 Å². The predicted octanol–water partition coefficient (Wildman–Crippen LogP) is 1.15. The first kappa shape index (κ1) is 7.60. The number of fused-ring (bicyclic) bond motifs is 1. The zero-order chi connectivity index (χ0) is 9.26. The van der Waals surface area contributed by atoms with Crippen molar-refractivity contribution in [2.45, 2.75) is 0 Å². The maximum atomic E-state index is 10.6. The first-order valence-electron chi connectivity index (χ1n) is 3.67. The van der Waals surface area contributed by atoms with E-state index in [0.717, 1.165) is 10.6 Å². The van der Waals surface area contributed by atoms with Crippen molar-refractivity contribution in [3.8, 4) is 0 Å². The molecule has 13 heavy (non-hydrogen) atoms. The number of aliphatic imine (C=N–C) groups is 1. The topological polar surface area (TPSA) is 56.1 Å². The number of amides is 1. The summed E-state index contributed by atoms with van der Waals surface area (Å²) in [5.41, 5.74) is 0.729. The van der Waals surface area contributed by atoms with Gasteiger partial charge in [-0.2, -0.15) is 0 Å². The molecule has 66 valence electrons. The van der Waals surface area contributed by atoms with E-state index in [0.29, 0.717) is 0 Å². The van der Waals surface area contributed by atoms with Crippen LogP contribution in [-0.4, -0.2) is 27.2 Å². The van der Waals surface area contributed by atoms with Gasteiger partial charge in [-0.15, -0.1) is 0 Å². The van der Waals surface area contributed by atoms with Gasteiger partial charge < -0.3 is 10.0 Å². The second-order valence-electron chi connectivity index (χ2n) is 2.53. The number of carboxylic acid groups (broad SMARTS) is 1. The molecule has 0 aromatic carbocycles. The molecule has 2 aliphatic rings. The van der Waals surface area contributed by atoms with Crippen LogP contribution >= 0.6 is 0 Å². The van der Waals surface area contributed by atoms with Crippen molar-refractivity contribution in [2.24, 2.45) is 4.99 Å². The molecular weight excluding hydrogens is 170 g/mol. The van der Waals surface area contributed by atoms with Crippen LogP contribution in [-0.2, 0) is 0 Å². The molecule has 0 atom stereocenters. The van der Waals surface area contributed by atoms with Crippen LogP contribution in [0.1, 0.15) is 0 Å². The smallest absolute Gasteiger partial charge is 0.415 e. The van der Waals surface area contributed by atoms with Crippen LogP contribution in [0, 0.1) is 0 Å². The first-order chi connectivity index (χ1) is 6.27. The van der Waals surface area contributed by atoms with Crippen molar-refractivity contribution in [3.05, 3.63) is 36.7 Å². The summed E-state index contributed by atoms with van der Waals surface area (Å²) in [6.07, 6.45) is 8.60. The average Bonchev–Trinajstić information content (AvgIpc) is 2.17. The zero-order valence-electron chi connectivity index (χ0n) is 6.66. The zero-order valence-corrected chi connectivity index (χ0v) is 6.66. The van der Waals surface area contributed by atoms with E-state index in [1.165, 1.54) is 12.4 Å². The van der Waals surface area contributed by atoms with Crippen molar-refractivity contribution < 1.29 is 9.90 Å². The molecule has 0 unspecified atom stereocenters. The summed E-state index contributed by atoms with van der Waals surface area (Å²) in [6, 6.07) is 0. The van der Waals surface area contributed by atoms with Gasteiger partial charge in [0.2, 0.25) is 0 Å². The van der Waals surface area contributed by atoms with E-state index >= 15 is 0 Å². The third-order valence-corrected chi connectivity index (χ3v) is 1.70. The van der Waals surface area contributed by atoms with Gasteiger partial charge in [0.05, 0.1) is 11.9 Å². The maximum Gasteiger partial charge on any atom is 0.415 e. The summed E-state index contributed by atoms with van der Waals surface area (Å²) in [5.74, 6) is 0. The van der Waals surface area contributed by atoms with Gasteiger partial charge in [0.1, 0.15) is 0 Å². The van der Waals surface area contributed by atoms with Crippen LogP contribution in [0.3, 0.4) is 0 Å². The molecule has 5 heteroatoms. The minimum absolute atomic E-state index is 0.729. The molecule has 0 aliphatic carbocycles. The average molecular weight is 177 g/mol. The van der Waals surface area contributed by atoms with Crippen LogP contribution in [0.4, 0.5) is 4.79 Å². The number of hydrogen-bond acceptors (Lipinski definition) is 3. The molecule has 0 spiro atoms. The summed E-state index contributed by atoms with van der Waals surface area (Å²) >= 11 is 0. The highest BCUT2D eigenvalue weighted by Gasteiger charge is 2.14. The fourth-order valence-electron chi connectivity index (χ4n) is 1.07. The molecular formula is C8H7N3O2. The van der Waals surface area contributed by atoms with Crippen molar-refractivity contribution in [2.75, 3.05) is 0 Å². The van der Waals surface area contributed by atoms with Crippen LogP contribution in [0.2, 0.25) is 0 Å². The Hall–Kier alpha value is -2.04. The second-order valence-corrected chi connectivity index (χ2v) is 2.53. The Bertz CT molecular complexity index is 354. The molecule has 0 saturated carbocycles. The predicted molar refractivity (Wildman–Crippen MR) is 46.6 cm³/mol. The molecule has 0 bridgehead atoms. The Morgan fingerprint density at radius 1 is 1.38 bits per heavy atom. The van der Waals surface area contributed by atoms with Gasteiger partial charge in [0.25, 0.3) is 0 Å². The molecule has 1 amide bonds. The number of rotatable bonds is 0. The highest BCUT2D eigenvalue weighted by atomic mass is 16.4. The Balaban J connectivity index is 2.27. The molecule has 0 fully saturated rings. The Kier molecular flexibility index (Phi) is 1.63. The van der Waals surface area contributed by atoms with Crippen LogP contribution < -0.4 is 0 Å². The van der Waals surface area contributed by atoms with Gasteiger partial charge in [0, 0.05) is 31.0 Å². The van der Waals surface area contributed by atoms with Gasteiger partial charge in [-0.25, -0.2) is 4.79 Å². The first-order valence-corrected chi connectivity index (χ1v) is 3.67.